The Bertz CT molecular complexity index is 1150. The Morgan fingerprint density at radius 3 is 2.40 bits per heavy atom. The van der Waals surface area contributed by atoms with Crippen molar-refractivity contribution in [3.8, 4) is 17.1 Å². The highest BCUT2D eigenvalue weighted by molar-refractivity contribution is 7.99. The molecule has 1 N–H and O–H groups in total. The average molecular weight is 415 g/mol. The maximum Gasteiger partial charge on any atom is 0.234 e. The zero-order chi connectivity index (χ0) is 20.9. The van der Waals surface area contributed by atoms with Gasteiger partial charge in [-0.3, -0.25) is 9.36 Å². The summed E-state index contributed by atoms with van der Waals surface area (Å²) in [5, 5.41) is 12.4. The van der Waals surface area contributed by atoms with Gasteiger partial charge in [-0.25, -0.2) is 0 Å². The van der Waals surface area contributed by atoms with E-state index in [0.717, 1.165) is 33.9 Å². The van der Waals surface area contributed by atoms with Crippen LogP contribution in [0.2, 0.25) is 0 Å². The molecule has 150 valence electrons. The number of hydrogen-bond donors (Lipinski definition) is 1. The van der Waals surface area contributed by atoms with Crippen LogP contribution in [0.1, 0.15) is 11.1 Å². The number of nitrogens with one attached hydrogen (secondary N) is 1. The molecule has 3 aromatic carbocycles. The number of benzene rings is 3. The number of para-hydroxylation sites is 1. The minimum absolute atomic E-state index is 0.0800. The van der Waals surface area contributed by atoms with Gasteiger partial charge in [-0.15, -0.1) is 10.2 Å². The Hall–Kier alpha value is -3.38. The van der Waals surface area contributed by atoms with Crippen LogP contribution in [0.25, 0.3) is 17.1 Å². The van der Waals surface area contributed by atoms with Crippen molar-refractivity contribution in [2.45, 2.75) is 19.0 Å². The minimum atomic E-state index is -0.0800. The van der Waals surface area contributed by atoms with E-state index < -0.39 is 0 Å². The van der Waals surface area contributed by atoms with E-state index in [1.165, 1.54) is 11.8 Å². The van der Waals surface area contributed by atoms with Gasteiger partial charge in [0, 0.05) is 16.9 Å². The first-order valence-electron chi connectivity index (χ1n) is 9.67. The summed E-state index contributed by atoms with van der Waals surface area (Å²) >= 11 is 1.37. The van der Waals surface area contributed by atoms with Crippen molar-refractivity contribution in [3.05, 3.63) is 90.0 Å². The van der Waals surface area contributed by atoms with Gasteiger partial charge in [-0.1, -0.05) is 71.4 Å². The number of carbonyl (C=O) groups is 1. The molecule has 0 radical (unpaired) electrons. The van der Waals surface area contributed by atoms with Crippen molar-refractivity contribution in [2.24, 2.45) is 0 Å². The van der Waals surface area contributed by atoms with Gasteiger partial charge in [0.1, 0.15) is 0 Å². The molecule has 0 aliphatic heterocycles. The van der Waals surface area contributed by atoms with Crippen LogP contribution in [-0.2, 0) is 4.79 Å². The average Bonchev–Trinajstić information content (AvgIpc) is 3.19. The number of amides is 1. The van der Waals surface area contributed by atoms with Gasteiger partial charge in [0.15, 0.2) is 11.0 Å². The maximum absolute atomic E-state index is 12.5. The Morgan fingerprint density at radius 2 is 1.67 bits per heavy atom. The van der Waals surface area contributed by atoms with E-state index in [1.54, 1.807) is 0 Å². The normalized spacial score (nSPS) is 10.7. The topological polar surface area (TPSA) is 59.8 Å². The predicted octanol–water partition coefficient (Wildman–Crippen LogP) is 5.28. The number of carbonyl (C=O) groups excluding carboxylic acids is 1. The van der Waals surface area contributed by atoms with Crippen LogP contribution in [0.15, 0.2) is 84.0 Å². The first-order chi connectivity index (χ1) is 14.6. The fourth-order valence-electron chi connectivity index (χ4n) is 3.11. The lowest BCUT2D eigenvalue weighted by molar-refractivity contribution is -0.113. The SMILES string of the molecule is Cc1ccc(NC(=O)CSc2nnc(-c3cccc(C)c3)n2-c2ccccc2)cc1. The van der Waals surface area contributed by atoms with Gasteiger partial charge < -0.3 is 5.32 Å². The number of aryl methyl sites for hydroxylation is 2. The third-order valence-electron chi connectivity index (χ3n) is 4.59. The molecule has 4 rings (SSSR count). The number of anilines is 1. The second-order valence-electron chi connectivity index (χ2n) is 7.05. The zero-order valence-electron chi connectivity index (χ0n) is 16.9. The molecule has 0 spiro atoms. The lowest BCUT2D eigenvalue weighted by Crippen LogP contribution is -2.14. The van der Waals surface area contributed by atoms with Gasteiger partial charge in [-0.2, -0.15) is 0 Å². The summed E-state index contributed by atoms with van der Waals surface area (Å²) in [5.41, 5.74) is 5.04. The number of rotatable bonds is 6. The van der Waals surface area contributed by atoms with E-state index in [-0.39, 0.29) is 11.7 Å². The third kappa shape index (κ3) is 4.60. The molecule has 0 saturated heterocycles. The fraction of sp³-hybridized carbons (Fsp3) is 0.125. The van der Waals surface area contributed by atoms with Crippen molar-refractivity contribution in [1.29, 1.82) is 0 Å². The van der Waals surface area contributed by atoms with Crippen molar-refractivity contribution in [2.75, 3.05) is 11.1 Å². The summed E-state index contributed by atoms with van der Waals surface area (Å²) in [6, 6.07) is 25.9. The molecule has 0 bridgehead atoms. The van der Waals surface area contributed by atoms with Crippen LogP contribution in [0.5, 0.6) is 0 Å². The number of thioether (sulfide) groups is 1. The summed E-state index contributed by atoms with van der Waals surface area (Å²) in [6.45, 7) is 4.07. The van der Waals surface area contributed by atoms with Crippen molar-refractivity contribution in [3.63, 3.8) is 0 Å². The Balaban J connectivity index is 1.58. The highest BCUT2D eigenvalue weighted by Gasteiger charge is 2.17. The van der Waals surface area contributed by atoms with E-state index in [1.807, 2.05) is 78.2 Å². The molecule has 30 heavy (non-hydrogen) atoms. The van der Waals surface area contributed by atoms with Crippen LogP contribution in [0.4, 0.5) is 5.69 Å². The monoisotopic (exact) mass is 414 g/mol. The van der Waals surface area contributed by atoms with Crippen molar-refractivity contribution < 1.29 is 4.79 Å². The molecule has 0 unspecified atom stereocenters. The molecule has 1 heterocycles. The number of aromatic nitrogens is 3. The Labute approximate surface area is 180 Å². The first kappa shape index (κ1) is 19.9. The van der Waals surface area contributed by atoms with E-state index in [0.29, 0.717) is 5.16 Å². The fourth-order valence-corrected chi connectivity index (χ4v) is 3.86. The Morgan fingerprint density at radius 1 is 0.900 bits per heavy atom. The number of hydrogen-bond acceptors (Lipinski definition) is 4. The van der Waals surface area contributed by atoms with E-state index in [9.17, 15) is 4.79 Å². The highest BCUT2D eigenvalue weighted by atomic mass is 32.2. The summed E-state index contributed by atoms with van der Waals surface area (Å²) in [4.78, 5) is 12.5. The molecule has 0 aliphatic carbocycles. The van der Waals surface area contributed by atoms with Gasteiger partial charge in [0.25, 0.3) is 0 Å². The van der Waals surface area contributed by atoms with Crippen LogP contribution >= 0.6 is 11.8 Å². The third-order valence-corrected chi connectivity index (χ3v) is 5.52. The second-order valence-corrected chi connectivity index (χ2v) is 7.99. The molecule has 0 atom stereocenters. The summed E-state index contributed by atoms with van der Waals surface area (Å²) < 4.78 is 2.00. The molecule has 0 aliphatic rings. The number of nitrogens with zero attached hydrogens (tertiary/aromatic N) is 3. The summed E-state index contributed by atoms with van der Waals surface area (Å²) in [5.74, 6) is 0.919. The molecule has 4 aromatic rings. The first-order valence-corrected chi connectivity index (χ1v) is 10.7. The summed E-state index contributed by atoms with van der Waals surface area (Å²) in [6.07, 6.45) is 0. The quantitative estimate of drug-likeness (QED) is 0.436. The van der Waals surface area contributed by atoms with Crippen LogP contribution < -0.4 is 5.32 Å². The zero-order valence-corrected chi connectivity index (χ0v) is 17.7. The van der Waals surface area contributed by atoms with Crippen LogP contribution in [0, 0.1) is 13.8 Å². The Kier molecular flexibility index (Phi) is 5.95. The lowest BCUT2D eigenvalue weighted by atomic mass is 10.1. The van der Waals surface area contributed by atoms with Gasteiger partial charge >= 0.3 is 0 Å². The molecule has 1 aromatic heterocycles. The second kappa shape index (κ2) is 8.97. The van der Waals surface area contributed by atoms with Gasteiger partial charge in [0.2, 0.25) is 5.91 Å². The van der Waals surface area contributed by atoms with Crippen molar-refractivity contribution in [1.82, 2.24) is 14.8 Å². The van der Waals surface area contributed by atoms with E-state index in [2.05, 4.69) is 34.6 Å². The predicted molar refractivity (Wildman–Crippen MR) is 122 cm³/mol. The largest absolute Gasteiger partial charge is 0.325 e. The van der Waals surface area contributed by atoms with E-state index in [4.69, 9.17) is 0 Å². The highest BCUT2D eigenvalue weighted by Crippen LogP contribution is 2.28. The smallest absolute Gasteiger partial charge is 0.234 e. The molecular weight excluding hydrogens is 392 g/mol. The van der Waals surface area contributed by atoms with E-state index >= 15 is 0 Å². The summed E-state index contributed by atoms with van der Waals surface area (Å²) in [7, 11) is 0. The van der Waals surface area contributed by atoms with Crippen LogP contribution in [0.3, 0.4) is 0 Å². The molecule has 0 fully saturated rings. The van der Waals surface area contributed by atoms with Gasteiger partial charge in [0.05, 0.1) is 5.75 Å². The molecule has 5 nitrogen and oxygen atoms in total. The molecule has 1 amide bonds. The van der Waals surface area contributed by atoms with Gasteiger partial charge in [-0.05, 0) is 44.2 Å². The molecule has 0 saturated carbocycles. The molecule has 6 heteroatoms. The lowest BCUT2D eigenvalue weighted by Gasteiger charge is -2.11. The minimum Gasteiger partial charge on any atom is -0.325 e. The molecular formula is C24H22N4OS. The maximum atomic E-state index is 12.5. The standard InChI is InChI=1S/C24H22N4OS/c1-17-11-13-20(14-12-17)25-22(29)16-30-24-27-26-23(19-8-6-7-18(2)15-19)28(24)21-9-4-3-5-10-21/h3-15H,16H2,1-2H3,(H,25,29). The van der Waals surface area contributed by atoms with Crippen molar-refractivity contribution >= 4 is 23.4 Å². The van der Waals surface area contributed by atoms with Crippen LogP contribution in [-0.4, -0.2) is 26.4 Å².